The minimum atomic E-state index is -0.418. The third kappa shape index (κ3) is 3.31. The van der Waals surface area contributed by atoms with Gasteiger partial charge in [0.2, 0.25) is 5.88 Å². The highest BCUT2D eigenvalue weighted by Gasteiger charge is 2.12. The molecule has 1 heterocycles. The Hall–Kier alpha value is -2.56. The van der Waals surface area contributed by atoms with Crippen LogP contribution in [-0.2, 0) is 11.2 Å². The normalized spacial score (nSPS) is 10.2. The minimum Gasteiger partial charge on any atom is -0.465 e. The van der Waals surface area contributed by atoms with E-state index in [0.29, 0.717) is 28.6 Å². The molecule has 5 nitrogen and oxygen atoms in total. The zero-order valence-electron chi connectivity index (χ0n) is 12.3. The van der Waals surface area contributed by atoms with Gasteiger partial charge in [0.15, 0.2) is 5.75 Å². The highest BCUT2D eigenvalue weighted by molar-refractivity contribution is 5.90. The molecule has 0 saturated carbocycles. The fraction of sp³-hybridized carbons (Fsp3) is 0.250. The van der Waals surface area contributed by atoms with Gasteiger partial charge < -0.3 is 15.2 Å². The summed E-state index contributed by atoms with van der Waals surface area (Å²) in [5.41, 5.74) is 8.62. The van der Waals surface area contributed by atoms with E-state index in [0.717, 1.165) is 12.0 Å². The molecule has 0 fully saturated rings. The summed E-state index contributed by atoms with van der Waals surface area (Å²) in [5.74, 6) is 0.513. The first-order chi connectivity index (χ1) is 10.0. The van der Waals surface area contributed by atoms with Gasteiger partial charge in [-0.15, -0.1) is 0 Å². The largest absolute Gasteiger partial charge is 0.465 e. The molecule has 0 saturated heterocycles. The Morgan fingerprint density at radius 1 is 1.29 bits per heavy atom. The van der Waals surface area contributed by atoms with E-state index in [1.165, 1.54) is 7.11 Å². The van der Waals surface area contributed by atoms with Gasteiger partial charge in [-0.05, 0) is 37.1 Å². The van der Waals surface area contributed by atoms with Crippen LogP contribution in [0.15, 0.2) is 30.3 Å². The van der Waals surface area contributed by atoms with Gasteiger partial charge in [0, 0.05) is 6.07 Å². The van der Waals surface area contributed by atoms with Crippen molar-refractivity contribution < 1.29 is 14.3 Å². The molecule has 5 heteroatoms. The van der Waals surface area contributed by atoms with Crippen molar-refractivity contribution >= 4 is 11.7 Å². The summed E-state index contributed by atoms with van der Waals surface area (Å²) in [4.78, 5) is 15.7. The van der Waals surface area contributed by atoms with E-state index in [2.05, 4.69) is 16.6 Å². The van der Waals surface area contributed by atoms with Crippen molar-refractivity contribution in [2.45, 2.75) is 20.3 Å². The van der Waals surface area contributed by atoms with Gasteiger partial charge in [-0.2, -0.15) is 0 Å². The summed E-state index contributed by atoms with van der Waals surface area (Å²) >= 11 is 0. The number of esters is 1. The number of ether oxygens (including phenoxy) is 2. The van der Waals surface area contributed by atoms with Gasteiger partial charge in [0.25, 0.3) is 0 Å². The van der Waals surface area contributed by atoms with Crippen molar-refractivity contribution in [1.82, 2.24) is 4.98 Å². The highest BCUT2D eigenvalue weighted by atomic mass is 16.5. The van der Waals surface area contributed by atoms with E-state index in [-0.39, 0.29) is 0 Å². The van der Waals surface area contributed by atoms with E-state index in [4.69, 9.17) is 10.5 Å². The van der Waals surface area contributed by atoms with Crippen LogP contribution in [0.2, 0.25) is 0 Å². The van der Waals surface area contributed by atoms with Crippen LogP contribution >= 0.6 is 0 Å². The van der Waals surface area contributed by atoms with Crippen molar-refractivity contribution in [3.8, 4) is 11.6 Å². The van der Waals surface area contributed by atoms with Crippen molar-refractivity contribution in [2.24, 2.45) is 0 Å². The summed E-state index contributed by atoms with van der Waals surface area (Å²) in [7, 11) is 1.34. The summed E-state index contributed by atoms with van der Waals surface area (Å²) in [5, 5.41) is 0. The molecule has 2 aromatic rings. The Kier molecular flexibility index (Phi) is 4.42. The number of carbonyl (C=O) groups is 1. The minimum absolute atomic E-state index is 0.385. The van der Waals surface area contributed by atoms with E-state index in [9.17, 15) is 4.79 Å². The number of anilines is 1. The lowest BCUT2D eigenvalue weighted by molar-refractivity contribution is 0.0599. The second kappa shape index (κ2) is 6.26. The Bertz CT molecular complexity index is 669. The highest BCUT2D eigenvalue weighted by Crippen LogP contribution is 2.28. The smallest absolute Gasteiger partial charge is 0.339 e. The molecule has 2 N–H and O–H groups in total. The number of nitrogens with zero attached hydrogens (tertiary/aromatic N) is 1. The predicted octanol–water partition coefficient (Wildman–Crippen LogP) is 3.11. The number of nitrogens with two attached hydrogens (primary N) is 1. The lowest BCUT2D eigenvalue weighted by atomic mass is 10.1. The Labute approximate surface area is 123 Å². The molecule has 0 aliphatic heterocycles. The first-order valence-corrected chi connectivity index (χ1v) is 6.67. The van der Waals surface area contributed by atoms with Crippen LogP contribution in [0, 0.1) is 6.92 Å². The summed E-state index contributed by atoms with van der Waals surface area (Å²) < 4.78 is 10.3. The number of aryl methyl sites for hydroxylation is 2. The molecule has 0 radical (unpaired) electrons. The van der Waals surface area contributed by atoms with Crippen molar-refractivity contribution in [1.29, 1.82) is 0 Å². The van der Waals surface area contributed by atoms with Gasteiger partial charge in [-0.3, -0.25) is 0 Å². The maximum atomic E-state index is 11.5. The van der Waals surface area contributed by atoms with Crippen molar-refractivity contribution in [3.63, 3.8) is 0 Å². The van der Waals surface area contributed by atoms with E-state index in [1.807, 2.05) is 18.2 Å². The SMILES string of the molecule is CCc1ccc(Oc2ccc(C(=O)OC)c(C)n2)c(N)c1. The molecular formula is C16H18N2O3. The van der Waals surface area contributed by atoms with Gasteiger partial charge in [0.1, 0.15) is 0 Å². The summed E-state index contributed by atoms with van der Waals surface area (Å²) in [6.07, 6.45) is 0.912. The first-order valence-electron chi connectivity index (χ1n) is 6.67. The second-order valence-corrected chi connectivity index (χ2v) is 4.60. The maximum Gasteiger partial charge on any atom is 0.339 e. The molecule has 2 rings (SSSR count). The molecule has 0 unspecified atom stereocenters. The van der Waals surface area contributed by atoms with Crippen LogP contribution in [0.25, 0.3) is 0 Å². The molecule has 110 valence electrons. The van der Waals surface area contributed by atoms with Crippen LogP contribution in [0.3, 0.4) is 0 Å². The molecule has 0 bridgehead atoms. The molecule has 0 atom stereocenters. The molecule has 0 aliphatic carbocycles. The molecule has 1 aromatic carbocycles. The van der Waals surface area contributed by atoms with Gasteiger partial charge >= 0.3 is 5.97 Å². The second-order valence-electron chi connectivity index (χ2n) is 4.60. The standard InChI is InChI=1S/C16H18N2O3/c1-4-11-5-7-14(13(17)9-11)21-15-8-6-12(10(2)18-15)16(19)20-3/h5-9H,4,17H2,1-3H3. The number of methoxy groups -OCH3 is 1. The Morgan fingerprint density at radius 3 is 2.62 bits per heavy atom. The predicted molar refractivity (Wildman–Crippen MR) is 80.6 cm³/mol. The van der Waals surface area contributed by atoms with Gasteiger partial charge in [-0.1, -0.05) is 13.0 Å². The van der Waals surface area contributed by atoms with Crippen molar-refractivity contribution in [3.05, 3.63) is 47.2 Å². The number of hydrogen-bond acceptors (Lipinski definition) is 5. The zero-order chi connectivity index (χ0) is 15.4. The molecule has 0 amide bonds. The monoisotopic (exact) mass is 286 g/mol. The fourth-order valence-corrected chi connectivity index (χ4v) is 1.94. The maximum absolute atomic E-state index is 11.5. The molecule has 0 spiro atoms. The number of carbonyl (C=O) groups excluding carboxylic acids is 1. The van der Waals surface area contributed by atoms with Gasteiger partial charge in [0.05, 0.1) is 24.1 Å². The van der Waals surface area contributed by atoms with E-state index < -0.39 is 5.97 Å². The van der Waals surface area contributed by atoms with Crippen LogP contribution in [0.1, 0.15) is 28.5 Å². The topological polar surface area (TPSA) is 74.4 Å². The van der Waals surface area contributed by atoms with E-state index >= 15 is 0 Å². The summed E-state index contributed by atoms with van der Waals surface area (Å²) in [6.45, 7) is 3.79. The third-order valence-corrected chi connectivity index (χ3v) is 3.16. The summed E-state index contributed by atoms with van der Waals surface area (Å²) in [6, 6.07) is 8.90. The number of nitrogen functional groups attached to an aromatic ring is 1. The average molecular weight is 286 g/mol. The first kappa shape index (κ1) is 14.8. The van der Waals surface area contributed by atoms with Crippen LogP contribution < -0.4 is 10.5 Å². The molecule has 1 aromatic heterocycles. The molecule has 0 aliphatic rings. The van der Waals surface area contributed by atoms with Crippen molar-refractivity contribution in [2.75, 3.05) is 12.8 Å². The number of hydrogen-bond donors (Lipinski definition) is 1. The van der Waals surface area contributed by atoms with Crippen LogP contribution in [-0.4, -0.2) is 18.1 Å². The lowest BCUT2D eigenvalue weighted by Crippen LogP contribution is -2.05. The Balaban J connectivity index is 2.24. The number of aromatic nitrogens is 1. The average Bonchev–Trinajstić information content (AvgIpc) is 2.48. The van der Waals surface area contributed by atoms with Gasteiger partial charge in [-0.25, -0.2) is 9.78 Å². The molecule has 21 heavy (non-hydrogen) atoms. The fourth-order valence-electron chi connectivity index (χ4n) is 1.94. The lowest BCUT2D eigenvalue weighted by Gasteiger charge is -2.10. The van der Waals surface area contributed by atoms with E-state index in [1.54, 1.807) is 19.1 Å². The quantitative estimate of drug-likeness (QED) is 0.690. The number of rotatable bonds is 4. The zero-order valence-corrected chi connectivity index (χ0v) is 12.3. The van der Waals surface area contributed by atoms with Crippen LogP contribution in [0.4, 0.5) is 5.69 Å². The van der Waals surface area contributed by atoms with Crippen LogP contribution in [0.5, 0.6) is 11.6 Å². The number of benzene rings is 1. The Morgan fingerprint density at radius 2 is 2.05 bits per heavy atom. The third-order valence-electron chi connectivity index (χ3n) is 3.16. The number of pyridine rings is 1. The molecular weight excluding hydrogens is 268 g/mol.